The van der Waals surface area contributed by atoms with Crippen molar-refractivity contribution in [1.29, 1.82) is 0 Å². The van der Waals surface area contributed by atoms with Crippen molar-refractivity contribution in [3.05, 3.63) is 122 Å². The Kier molecular flexibility index (Phi) is 3.39. The monoisotopic (exact) mass is 433 g/mol. The van der Waals surface area contributed by atoms with E-state index >= 15 is 0 Å². The lowest BCUT2D eigenvalue weighted by Crippen LogP contribution is -2.29. The van der Waals surface area contributed by atoms with Crippen LogP contribution in [0.3, 0.4) is 0 Å². The highest BCUT2D eigenvalue weighted by molar-refractivity contribution is 6.25. The quantitative estimate of drug-likeness (QED) is 0.209. The first-order chi connectivity index (χ1) is 16.9. The van der Waals surface area contributed by atoms with Crippen LogP contribution in [-0.4, -0.2) is 8.97 Å². The van der Waals surface area contributed by atoms with Gasteiger partial charge in [-0.15, -0.1) is 0 Å². The first kappa shape index (κ1) is 17.9. The van der Waals surface area contributed by atoms with Crippen molar-refractivity contribution in [2.24, 2.45) is 0 Å². The molecule has 0 bridgehead atoms. The second kappa shape index (κ2) is 6.46. The van der Waals surface area contributed by atoms with Gasteiger partial charge in [0.1, 0.15) is 0 Å². The highest BCUT2D eigenvalue weighted by Crippen LogP contribution is 2.41. The summed E-state index contributed by atoms with van der Waals surface area (Å²) in [6.07, 6.45) is 3.67. The van der Waals surface area contributed by atoms with Gasteiger partial charge in [-0.25, -0.2) is 0 Å². The van der Waals surface area contributed by atoms with Gasteiger partial charge in [0.15, 0.2) is 0 Å². The van der Waals surface area contributed by atoms with Crippen LogP contribution in [0.5, 0.6) is 0 Å². The Labute approximate surface area is 195 Å². The van der Waals surface area contributed by atoms with Crippen molar-refractivity contribution in [2.45, 2.75) is 0 Å². The molecule has 0 atom stereocenters. The molecule has 0 saturated carbocycles. The Morgan fingerprint density at radius 3 is 2.00 bits per heavy atom. The summed E-state index contributed by atoms with van der Waals surface area (Å²) in [5.74, 6) is 0. The van der Waals surface area contributed by atoms with E-state index in [0.29, 0.717) is 0 Å². The summed E-state index contributed by atoms with van der Waals surface area (Å²) in [7, 11) is 0. The van der Waals surface area contributed by atoms with Crippen LogP contribution < -0.4 is 4.57 Å². The van der Waals surface area contributed by atoms with E-state index in [1.54, 1.807) is 0 Å². The lowest BCUT2D eigenvalue weighted by Gasteiger charge is -2.07. The minimum atomic E-state index is 1.10. The summed E-state index contributed by atoms with van der Waals surface area (Å²) in [6.45, 7) is 0. The highest BCUT2D eigenvalue weighted by atomic mass is 15.1. The molecule has 8 aromatic rings. The summed E-state index contributed by atoms with van der Waals surface area (Å²) in [5.41, 5.74) is 8.28. The van der Waals surface area contributed by atoms with Crippen LogP contribution in [0.15, 0.2) is 115 Å². The molecular weight excluding hydrogens is 414 g/mol. The zero-order chi connectivity index (χ0) is 22.2. The molecule has 3 nitrogen and oxygen atoms in total. The fraction of sp³-hybridized carbons (Fsp3) is 0. The number of imidazole rings is 1. The molecule has 3 aromatic heterocycles. The molecule has 158 valence electrons. The van der Waals surface area contributed by atoms with Gasteiger partial charge < -0.3 is 4.40 Å². The average molecular weight is 434 g/mol. The molecule has 0 spiro atoms. The molecule has 0 radical (unpaired) electrons. The standard InChI is InChI=1S/C31H19N3/c1-2-10-21(11-3-1)32-20-33(28-17-9-8-16-27(28)32)29-19-18-23-22-12-4-6-14-25(22)34-26-15-7-5-13-24(26)30(29)31(23)34/h1-19H. The van der Waals surface area contributed by atoms with Gasteiger partial charge in [-0.1, -0.05) is 84.9 Å². The minimum absolute atomic E-state index is 1.10. The molecule has 0 aliphatic rings. The molecule has 0 saturated heterocycles. The second-order valence-corrected chi connectivity index (χ2v) is 8.82. The molecule has 0 amide bonds. The van der Waals surface area contributed by atoms with Crippen molar-refractivity contribution in [3.63, 3.8) is 0 Å². The molecule has 5 aromatic carbocycles. The molecule has 0 aliphatic carbocycles. The minimum Gasteiger partial charge on any atom is -0.309 e. The van der Waals surface area contributed by atoms with Crippen LogP contribution in [0.1, 0.15) is 0 Å². The largest absolute Gasteiger partial charge is 0.309 e. The van der Waals surface area contributed by atoms with Crippen molar-refractivity contribution < 1.29 is 4.57 Å². The van der Waals surface area contributed by atoms with Gasteiger partial charge in [0.2, 0.25) is 0 Å². The number of aromatic nitrogens is 3. The summed E-state index contributed by atoms with van der Waals surface area (Å²) in [4.78, 5) is 0. The number of fused-ring (bicyclic) bond motifs is 7. The molecule has 0 fully saturated rings. The van der Waals surface area contributed by atoms with Gasteiger partial charge in [0.25, 0.3) is 6.33 Å². The maximum atomic E-state index is 3.67. The molecule has 3 heteroatoms. The first-order valence-electron chi connectivity index (χ1n) is 11.6. The number of para-hydroxylation sites is 5. The Balaban J connectivity index is 1.57. The van der Waals surface area contributed by atoms with Gasteiger partial charge in [0.05, 0.1) is 39.0 Å². The molecule has 0 unspecified atom stereocenters. The number of rotatable bonds is 2. The van der Waals surface area contributed by atoms with Crippen molar-refractivity contribution in [1.82, 2.24) is 8.97 Å². The third-order valence-corrected chi connectivity index (χ3v) is 7.05. The predicted octanol–water partition coefficient (Wildman–Crippen LogP) is 6.86. The fourth-order valence-corrected chi connectivity index (χ4v) is 5.64. The molecule has 0 aliphatic heterocycles. The SMILES string of the molecule is [c-]1n(-c2ccc3c4ccccc4n4c5ccccc5c2c34)c2ccccc2[n+]1-c1ccccc1. The van der Waals surface area contributed by atoms with Crippen LogP contribution in [-0.2, 0) is 0 Å². The normalized spacial score (nSPS) is 12.1. The van der Waals surface area contributed by atoms with Gasteiger partial charge >= 0.3 is 0 Å². The average Bonchev–Trinajstić information content (AvgIpc) is 3.56. The lowest BCUT2D eigenvalue weighted by atomic mass is 10.1. The van der Waals surface area contributed by atoms with E-state index in [9.17, 15) is 0 Å². The Hall–Kier alpha value is -4.63. The van der Waals surface area contributed by atoms with E-state index in [1.165, 1.54) is 38.1 Å². The third kappa shape index (κ3) is 2.18. The maximum absolute atomic E-state index is 3.67. The van der Waals surface area contributed by atoms with Crippen molar-refractivity contribution in [2.75, 3.05) is 0 Å². The lowest BCUT2D eigenvalue weighted by molar-refractivity contribution is -0.572. The van der Waals surface area contributed by atoms with E-state index in [-0.39, 0.29) is 0 Å². The predicted molar refractivity (Wildman–Crippen MR) is 138 cm³/mol. The van der Waals surface area contributed by atoms with Gasteiger partial charge in [-0.3, -0.25) is 9.13 Å². The van der Waals surface area contributed by atoms with Crippen LogP contribution in [0, 0.1) is 6.33 Å². The number of hydrogen-bond acceptors (Lipinski definition) is 0. The number of nitrogens with zero attached hydrogens (tertiary/aromatic N) is 3. The summed E-state index contributed by atoms with van der Waals surface area (Å²) in [5, 5.41) is 5.11. The van der Waals surface area contributed by atoms with E-state index in [1.807, 2.05) is 6.07 Å². The third-order valence-electron chi connectivity index (χ3n) is 7.05. The van der Waals surface area contributed by atoms with E-state index in [2.05, 4.69) is 129 Å². The first-order valence-corrected chi connectivity index (χ1v) is 11.6. The Morgan fingerprint density at radius 1 is 0.529 bits per heavy atom. The topological polar surface area (TPSA) is 13.2 Å². The molecular formula is C31H19N3. The number of benzene rings is 5. The summed E-state index contributed by atoms with van der Waals surface area (Å²) in [6, 6.07) is 41.0. The Morgan fingerprint density at radius 2 is 1.18 bits per heavy atom. The van der Waals surface area contributed by atoms with Gasteiger partial charge in [0, 0.05) is 21.5 Å². The van der Waals surface area contributed by atoms with Crippen molar-refractivity contribution in [3.8, 4) is 11.4 Å². The fourth-order valence-electron chi connectivity index (χ4n) is 5.64. The smallest absolute Gasteiger partial charge is 0.269 e. The zero-order valence-electron chi connectivity index (χ0n) is 18.3. The highest BCUT2D eigenvalue weighted by Gasteiger charge is 2.21. The van der Waals surface area contributed by atoms with E-state index in [4.69, 9.17) is 0 Å². The van der Waals surface area contributed by atoms with E-state index < -0.39 is 0 Å². The van der Waals surface area contributed by atoms with Crippen LogP contribution >= 0.6 is 0 Å². The molecule has 0 N–H and O–H groups in total. The maximum Gasteiger partial charge on any atom is 0.269 e. The summed E-state index contributed by atoms with van der Waals surface area (Å²) >= 11 is 0. The van der Waals surface area contributed by atoms with Crippen LogP contribution in [0.2, 0.25) is 0 Å². The zero-order valence-corrected chi connectivity index (χ0v) is 18.3. The molecule has 8 rings (SSSR count). The number of hydrogen-bond donors (Lipinski definition) is 0. The van der Waals surface area contributed by atoms with Gasteiger partial charge in [-0.05, 0) is 30.3 Å². The van der Waals surface area contributed by atoms with Crippen LogP contribution in [0.25, 0.3) is 60.5 Å². The summed E-state index contributed by atoms with van der Waals surface area (Å²) < 4.78 is 6.81. The van der Waals surface area contributed by atoms with E-state index in [0.717, 1.165) is 22.4 Å². The molecule has 3 heterocycles. The van der Waals surface area contributed by atoms with Gasteiger partial charge in [-0.2, -0.15) is 0 Å². The van der Waals surface area contributed by atoms with Crippen LogP contribution in [0.4, 0.5) is 0 Å². The van der Waals surface area contributed by atoms with Crippen molar-refractivity contribution >= 4 is 49.1 Å². The molecule has 34 heavy (non-hydrogen) atoms. The Bertz CT molecular complexity index is 2010. The second-order valence-electron chi connectivity index (χ2n) is 8.82.